The highest BCUT2D eigenvalue weighted by Crippen LogP contribution is 2.07. The van der Waals surface area contributed by atoms with Crippen LogP contribution in [0.2, 0.25) is 0 Å². The number of nitrogens with one attached hydrogen (secondary N) is 1. The molecule has 0 aliphatic heterocycles. The Bertz CT molecular complexity index is 666. The highest BCUT2D eigenvalue weighted by Gasteiger charge is 2.17. The minimum Gasteiger partial charge on any atom is -0.392 e. The molecule has 8 heteroatoms. The molecule has 19 heavy (non-hydrogen) atoms. The summed E-state index contributed by atoms with van der Waals surface area (Å²) in [4.78, 5) is 0. The van der Waals surface area contributed by atoms with E-state index < -0.39 is 10.0 Å². The molecule has 0 bridgehead atoms. The van der Waals surface area contributed by atoms with Crippen LogP contribution in [0.15, 0.2) is 35.5 Å². The van der Waals surface area contributed by atoms with Gasteiger partial charge in [-0.05, 0) is 11.1 Å². The van der Waals surface area contributed by atoms with Crippen molar-refractivity contribution in [2.75, 3.05) is 0 Å². The number of hydrogen-bond acceptors (Lipinski definition) is 5. The molecule has 0 unspecified atom stereocenters. The van der Waals surface area contributed by atoms with Crippen LogP contribution in [-0.2, 0) is 30.2 Å². The van der Waals surface area contributed by atoms with E-state index in [1.54, 1.807) is 31.3 Å². The fraction of sp³-hybridized carbons (Fsp3) is 0.273. The average molecular weight is 282 g/mol. The Balaban J connectivity index is 2.09. The van der Waals surface area contributed by atoms with Crippen molar-refractivity contribution in [3.05, 3.63) is 41.6 Å². The van der Waals surface area contributed by atoms with Crippen molar-refractivity contribution in [2.24, 2.45) is 7.05 Å². The van der Waals surface area contributed by atoms with Crippen LogP contribution in [0.25, 0.3) is 0 Å². The smallest absolute Gasteiger partial charge is 0.261 e. The van der Waals surface area contributed by atoms with Crippen LogP contribution in [0.5, 0.6) is 0 Å². The maximum Gasteiger partial charge on any atom is 0.261 e. The number of sulfonamides is 1. The third-order valence-electron chi connectivity index (χ3n) is 2.50. The molecule has 7 nitrogen and oxygen atoms in total. The van der Waals surface area contributed by atoms with E-state index in [1.807, 2.05) is 0 Å². The van der Waals surface area contributed by atoms with Gasteiger partial charge in [0.25, 0.3) is 10.0 Å². The zero-order valence-electron chi connectivity index (χ0n) is 10.3. The molecule has 0 fully saturated rings. The van der Waals surface area contributed by atoms with Crippen molar-refractivity contribution in [1.29, 1.82) is 0 Å². The lowest BCUT2D eigenvalue weighted by molar-refractivity contribution is 0.281. The van der Waals surface area contributed by atoms with Crippen LogP contribution in [0.4, 0.5) is 0 Å². The van der Waals surface area contributed by atoms with Crippen molar-refractivity contribution in [3.8, 4) is 0 Å². The Hall–Kier alpha value is -1.77. The summed E-state index contributed by atoms with van der Waals surface area (Å²) in [5.41, 5.74) is 1.50. The summed E-state index contributed by atoms with van der Waals surface area (Å²) in [6.45, 7) is 0.0531. The molecule has 0 saturated heterocycles. The van der Waals surface area contributed by atoms with Crippen molar-refractivity contribution in [3.63, 3.8) is 0 Å². The van der Waals surface area contributed by atoms with Crippen molar-refractivity contribution in [1.82, 2.24) is 19.7 Å². The van der Waals surface area contributed by atoms with Gasteiger partial charge in [-0.2, -0.15) is 0 Å². The molecule has 2 rings (SSSR count). The van der Waals surface area contributed by atoms with E-state index in [4.69, 9.17) is 5.11 Å². The van der Waals surface area contributed by atoms with E-state index in [9.17, 15) is 8.42 Å². The highest BCUT2D eigenvalue weighted by molar-refractivity contribution is 7.89. The van der Waals surface area contributed by atoms with Gasteiger partial charge in [0, 0.05) is 13.6 Å². The first-order valence-corrected chi connectivity index (χ1v) is 7.04. The van der Waals surface area contributed by atoms with Gasteiger partial charge in [-0.25, -0.2) is 13.1 Å². The number of rotatable bonds is 5. The number of benzene rings is 1. The summed E-state index contributed by atoms with van der Waals surface area (Å²) in [7, 11) is -2.07. The molecular formula is C11H14N4O3S. The molecule has 0 amide bonds. The molecule has 102 valence electrons. The van der Waals surface area contributed by atoms with Gasteiger partial charge in [0.2, 0.25) is 5.03 Å². The fourth-order valence-corrected chi connectivity index (χ4v) is 2.48. The van der Waals surface area contributed by atoms with Crippen LogP contribution in [0.3, 0.4) is 0 Å². The predicted molar refractivity (Wildman–Crippen MR) is 67.4 cm³/mol. The first kappa shape index (κ1) is 13.7. The third-order valence-corrected chi connectivity index (χ3v) is 3.76. The number of aromatic nitrogens is 3. The van der Waals surface area contributed by atoms with Gasteiger partial charge < -0.3 is 5.11 Å². The predicted octanol–water partition coefficient (Wildman–Crippen LogP) is -0.214. The Kier molecular flexibility index (Phi) is 3.93. The van der Waals surface area contributed by atoms with Crippen LogP contribution in [-0.4, -0.2) is 28.5 Å². The monoisotopic (exact) mass is 282 g/mol. The third kappa shape index (κ3) is 3.37. The van der Waals surface area contributed by atoms with Gasteiger partial charge >= 0.3 is 0 Å². The number of hydrogen-bond donors (Lipinski definition) is 2. The van der Waals surface area contributed by atoms with Crippen LogP contribution in [0.1, 0.15) is 11.1 Å². The van der Waals surface area contributed by atoms with Gasteiger partial charge in [0.05, 0.1) is 12.8 Å². The lowest BCUT2D eigenvalue weighted by Crippen LogP contribution is -2.23. The van der Waals surface area contributed by atoms with E-state index in [0.29, 0.717) is 0 Å². The molecule has 0 spiro atoms. The van der Waals surface area contributed by atoms with E-state index in [1.165, 1.54) is 10.9 Å². The number of nitrogens with zero attached hydrogens (tertiary/aromatic N) is 3. The van der Waals surface area contributed by atoms with Gasteiger partial charge in [0.1, 0.15) is 0 Å². The zero-order valence-corrected chi connectivity index (χ0v) is 11.1. The summed E-state index contributed by atoms with van der Waals surface area (Å²) in [5, 5.41) is 16.0. The fourth-order valence-electron chi connectivity index (χ4n) is 1.54. The molecule has 0 saturated carbocycles. The van der Waals surface area contributed by atoms with Crippen molar-refractivity contribution < 1.29 is 13.5 Å². The van der Waals surface area contributed by atoms with Gasteiger partial charge in [-0.15, -0.1) is 5.10 Å². The summed E-state index contributed by atoms with van der Waals surface area (Å²) in [5.74, 6) is 0. The molecule has 1 heterocycles. The second kappa shape index (κ2) is 5.47. The number of aliphatic hydroxyl groups excluding tert-OH is 1. The second-order valence-electron chi connectivity index (χ2n) is 4.03. The van der Waals surface area contributed by atoms with Crippen LogP contribution >= 0.6 is 0 Å². The van der Waals surface area contributed by atoms with Crippen molar-refractivity contribution >= 4 is 10.0 Å². The molecule has 0 atom stereocenters. The Morgan fingerprint density at radius 1 is 1.37 bits per heavy atom. The van der Waals surface area contributed by atoms with Gasteiger partial charge in [-0.3, -0.25) is 4.68 Å². The molecule has 0 aliphatic carbocycles. The van der Waals surface area contributed by atoms with Gasteiger partial charge in [-0.1, -0.05) is 29.5 Å². The maximum atomic E-state index is 11.9. The minimum absolute atomic E-state index is 0.0786. The zero-order chi connectivity index (χ0) is 13.9. The largest absolute Gasteiger partial charge is 0.392 e. The summed E-state index contributed by atoms with van der Waals surface area (Å²) in [6.07, 6.45) is 1.33. The lowest BCUT2D eigenvalue weighted by atomic mass is 10.1. The standard InChI is InChI=1S/C11H14N4O3S/c1-15-7-11(13-14-15)19(17,18)12-6-9-3-2-4-10(5-9)8-16/h2-5,7,12,16H,6,8H2,1H3. The quantitative estimate of drug-likeness (QED) is 0.790. The topological polar surface area (TPSA) is 97.1 Å². The molecule has 0 radical (unpaired) electrons. The van der Waals surface area contributed by atoms with Gasteiger partial charge in [0.15, 0.2) is 0 Å². The van der Waals surface area contributed by atoms with Crippen LogP contribution < -0.4 is 4.72 Å². The molecule has 2 N–H and O–H groups in total. The maximum absolute atomic E-state index is 11.9. The summed E-state index contributed by atoms with van der Waals surface area (Å²) in [6, 6.07) is 7.04. The first-order valence-electron chi connectivity index (χ1n) is 5.56. The molecule has 2 aromatic rings. The van der Waals surface area contributed by atoms with Crippen molar-refractivity contribution in [2.45, 2.75) is 18.2 Å². The Labute approximate surface area is 110 Å². The highest BCUT2D eigenvalue weighted by atomic mass is 32.2. The van der Waals surface area contributed by atoms with E-state index >= 15 is 0 Å². The molecule has 1 aromatic carbocycles. The van der Waals surface area contributed by atoms with Crippen LogP contribution in [0, 0.1) is 0 Å². The number of aryl methyl sites for hydroxylation is 1. The average Bonchev–Trinajstić information content (AvgIpc) is 2.84. The lowest BCUT2D eigenvalue weighted by Gasteiger charge is -2.05. The van der Waals surface area contributed by atoms with E-state index in [2.05, 4.69) is 15.0 Å². The van der Waals surface area contributed by atoms with E-state index in [-0.39, 0.29) is 18.2 Å². The first-order chi connectivity index (χ1) is 9.01. The summed E-state index contributed by atoms with van der Waals surface area (Å²) >= 11 is 0. The second-order valence-corrected chi connectivity index (χ2v) is 5.75. The Morgan fingerprint density at radius 3 is 2.74 bits per heavy atom. The summed E-state index contributed by atoms with van der Waals surface area (Å²) < 4.78 is 27.5. The Morgan fingerprint density at radius 2 is 2.11 bits per heavy atom. The number of aliphatic hydroxyl groups is 1. The normalized spacial score (nSPS) is 11.7. The minimum atomic E-state index is -3.66. The van der Waals surface area contributed by atoms with E-state index in [0.717, 1.165) is 11.1 Å². The molecular weight excluding hydrogens is 268 g/mol. The molecule has 1 aromatic heterocycles. The molecule has 0 aliphatic rings. The SMILES string of the molecule is Cn1cc(S(=O)(=O)NCc2cccc(CO)c2)nn1.